The van der Waals surface area contributed by atoms with Crippen LogP contribution in [-0.4, -0.2) is 27.0 Å². The third kappa shape index (κ3) is 5.12. The summed E-state index contributed by atoms with van der Waals surface area (Å²) < 4.78 is 1.51. The quantitative estimate of drug-likeness (QED) is 0.717. The van der Waals surface area contributed by atoms with Crippen molar-refractivity contribution in [1.29, 1.82) is 0 Å². The van der Waals surface area contributed by atoms with Crippen LogP contribution in [-0.2, 0) is 4.79 Å². The maximum absolute atomic E-state index is 11.0. The van der Waals surface area contributed by atoms with E-state index >= 15 is 0 Å². The molecule has 10 heavy (non-hydrogen) atoms. The second-order valence-corrected chi connectivity index (χ2v) is 6.63. The predicted octanol–water partition coefficient (Wildman–Crippen LogP) is 1.87. The number of rotatable bonds is 4. The van der Waals surface area contributed by atoms with Gasteiger partial charge >= 0.3 is 74.7 Å². The zero-order chi connectivity index (χ0) is 8.15. The van der Waals surface area contributed by atoms with Crippen molar-refractivity contribution in [3.05, 3.63) is 12.2 Å². The minimum atomic E-state index is -0.729. The normalized spacial score (nSPS) is 10.0. The maximum atomic E-state index is 11.0. The SMILES string of the molecule is C=C(C)[C](=O)[Po][CH2]C(C)C. The van der Waals surface area contributed by atoms with Crippen molar-refractivity contribution in [2.24, 2.45) is 5.92 Å². The van der Waals surface area contributed by atoms with Crippen molar-refractivity contribution in [2.45, 2.75) is 24.9 Å². The second kappa shape index (κ2) is 5.02. The van der Waals surface area contributed by atoms with Crippen LogP contribution in [0.25, 0.3) is 0 Å². The molecule has 0 aliphatic rings. The molecule has 0 bridgehead atoms. The number of hydrogen-bond donors (Lipinski definition) is 0. The van der Waals surface area contributed by atoms with Gasteiger partial charge < -0.3 is 0 Å². The van der Waals surface area contributed by atoms with Crippen molar-refractivity contribution >= 4 is 27.0 Å². The summed E-state index contributed by atoms with van der Waals surface area (Å²) in [5.74, 6) is 0.688. The van der Waals surface area contributed by atoms with Crippen molar-refractivity contribution < 1.29 is 4.79 Å². The zero-order valence-corrected chi connectivity index (χ0v) is 9.98. The van der Waals surface area contributed by atoms with E-state index in [1.54, 1.807) is 0 Å². The van der Waals surface area contributed by atoms with Crippen LogP contribution in [0.15, 0.2) is 12.2 Å². The van der Waals surface area contributed by atoms with Gasteiger partial charge in [0.05, 0.1) is 0 Å². The summed E-state index contributed by atoms with van der Waals surface area (Å²) in [5.41, 5.74) is 0.755. The Balaban J connectivity index is 3.50. The molecule has 0 spiro atoms. The molecule has 0 saturated carbocycles. The molecule has 0 fully saturated rings. The molecule has 0 aromatic carbocycles. The van der Waals surface area contributed by atoms with Gasteiger partial charge in [-0.15, -0.1) is 0 Å². The third-order valence-electron chi connectivity index (χ3n) is 0.896. The second-order valence-electron chi connectivity index (χ2n) is 2.77. The molecule has 58 valence electrons. The molecule has 0 N–H and O–H groups in total. The molecule has 0 aliphatic heterocycles. The Hall–Kier alpha value is 0.306. The van der Waals surface area contributed by atoms with E-state index in [2.05, 4.69) is 20.4 Å². The predicted molar refractivity (Wildman–Crippen MR) is 45.2 cm³/mol. The van der Waals surface area contributed by atoms with Crippen LogP contribution >= 0.6 is 0 Å². The molecule has 0 radical (unpaired) electrons. The van der Waals surface area contributed by atoms with E-state index in [9.17, 15) is 4.79 Å². The topological polar surface area (TPSA) is 17.1 Å². The standard InChI is InChI=1S/C4H5O.C4H9.Po/c1-4(2)3-5;1-4(2)3;/h1H2,2H3;4H,1H2,2-3H3;. The Morgan fingerprint density at radius 2 is 2.10 bits per heavy atom. The van der Waals surface area contributed by atoms with E-state index < -0.39 is 23.6 Å². The van der Waals surface area contributed by atoms with Gasteiger partial charge in [-0.2, -0.15) is 0 Å². The van der Waals surface area contributed by atoms with Crippen LogP contribution in [0, 0.1) is 5.92 Å². The molecular formula is C8H14OPo. The Morgan fingerprint density at radius 1 is 1.60 bits per heavy atom. The summed E-state index contributed by atoms with van der Waals surface area (Å²) >= 11 is -0.729. The van der Waals surface area contributed by atoms with Crippen molar-refractivity contribution in [1.82, 2.24) is 0 Å². The van der Waals surface area contributed by atoms with Crippen molar-refractivity contribution in [3.8, 4) is 0 Å². The monoisotopic (exact) mass is 335 g/mol. The van der Waals surface area contributed by atoms with Gasteiger partial charge in [-0.25, -0.2) is 0 Å². The average Bonchev–Trinajstić information content (AvgIpc) is 1.82. The van der Waals surface area contributed by atoms with Crippen LogP contribution < -0.4 is 0 Å². The van der Waals surface area contributed by atoms with Crippen LogP contribution in [0.1, 0.15) is 20.8 Å². The fourth-order valence-electron chi connectivity index (χ4n) is 0.366. The molecule has 0 aromatic heterocycles. The summed E-state index contributed by atoms with van der Waals surface area (Å²) in [5, 5.41) is 0. The molecular weight excluding hydrogens is 321 g/mol. The molecule has 0 aromatic rings. The molecule has 0 heterocycles. The number of hydrogen-bond acceptors (Lipinski definition) is 1. The van der Waals surface area contributed by atoms with Crippen molar-refractivity contribution in [2.75, 3.05) is 0 Å². The van der Waals surface area contributed by atoms with Gasteiger partial charge in [0.2, 0.25) is 0 Å². The zero-order valence-electron chi connectivity index (χ0n) is 6.81. The van der Waals surface area contributed by atoms with Crippen LogP contribution in [0.2, 0.25) is 4.08 Å². The fraction of sp³-hybridized carbons (Fsp3) is 0.625. The van der Waals surface area contributed by atoms with Crippen LogP contribution in [0.4, 0.5) is 0 Å². The fourth-order valence-corrected chi connectivity index (χ4v) is 3.21. The van der Waals surface area contributed by atoms with E-state index in [0.717, 1.165) is 9.65 Å². The van der Waals surface area contributed by atoms with Gasteiger partial charge in [-0.3, -0.25) is 0 Å². The molecule has 0 aliphatic carbocycles. The molecule has 0 saturated heterocycles. The molecule has 0 amide bonds. The minimum absolute atomic E-state index is 0.369. The molecule has 0 unspecified atom stereocenters. The first kappa shape index (κ1) is 10.3. The third-order valence-corrected chi connectivity index (χ3v) is 6.51. The van der Waals surface area contributed by atoms with E-state index in [-0.39, 0.29) is 0 Å². The van der Waals surface area contributed by atoms with Crippen molar-refractivity contribution in [3.63, 3.8) is 0 Å². The molecule has 2 heteroatoms. The van der Waals surface area contributed by atoms with Gasteiger partial charge in [0.1, 0.15) is 0 Å². The van der Waals surface area contributed by atoms with Gasteiger partial charge in [0.15, 0.2) is 0 Å². The van der Waals surface area contributed by atoms with Crippen LogP contribution in [0.5, 0.6) is 0 Å². The summed E-state index contributed by atoms with van der Waals surface area (Å²) in [6, 6.07) is 0. The first-order chi connectivity index (χ1) is 4.54. The number of allylic oxidation sites excluding steroid dienone is 1. The molecule has 1 nitrogen and oxygen atoms in total. The van der Waals surface area contributed by atoms with Gasteiger partial charge in [-0.1, -0.05) is 0 Å². The first-order valence-corrected chi connectivity index (χ1v) is 7.19. The van der Waals surface area contributed by atoms with E-state index in [4.69, 9.17) is 0 Å². The first-order valence-electron chi connectivity index (χ1n) is 3.36. The Morgan fingerprint density at radius 3 is 2.40 bits per heavy atom. The summed E-state index contributed by atoms with van der Waals surface area (Å²) in [6.45, 7) is 9.75. The summed E-state index contributed by atoms with van der Waals surface area (Å²) in [6.07, 6.45) is 0. The molecule has 0 atom stereocenters. The van der Waals surface area contributed by atoms with E-state index in [0.29, 0.717) is 9.36 Å². The summed E-state index contributed by atoms with van der Waals surface area (Å²) in [7, 11) is 0. The van der Waals surface area contributed by atoms with E-state index in [1.165, 1.54) is 0 Å². The Bertz CT molecular complexity index is 138. The molecule has 0 rings (SSSR count). The number of carbonyl (C=O) groups excluding carboxylic acids is 1. The Kier molecular flexibility index (Phi) is 5.18. The van der Waals surface area contributed by atoms with E-state index in [1.807, 2.05) is 6.92 Å². The van der Waals surface area contributed by atoms with Gasteiger partial charge in [0.25, 0.3) is 0 Å². The average molecular weight is 335 g/mol. The Labute approximate surface area is 74.7 Å². The summed E-state index contributed by atoms with van der Waals surface area (Å²) in [4.78, 5) is 11.0. The van der Waals surface area contributed by atoms with Gasteiger partial charge in [-0.05, 0) is 0 Å². The van der Waals surface area contributed by atoms with Gasteiger partial charge in [0, 0.05) is 0 Å². The number of carbonyl (C=O) groups is 1. The van der Waals surface area contributed by atoms with Crippen LogP contribution in [0.3, 0.4) is 0 Å².